The van der Waals surface area contributed by atoms with Crippen molar-refractivity contribution in [1.82, 2.24) is 14.7 Å². The second-order valence-corrected chi connectivity index (χ2v) is 4.59. The Morgan fingerprint density at radius 2 is 2.05 bits per heavy atom. The van der Waals surface area contributed by atoms with Gasteiger partial charge in [-0.3, -0.25) is 14.0 Å². The van der Waals surface area contributed by atoms with Gasteiger partial charge in [0.15, 0.2) is 0 Å². The van der Waals surface area contributed by atoms with Crippen LogP contribution in [0.5, 0.6) is 0 Å². The Hall–Kier alpha value is -2.58. The zero-order valence-corrected chi connectivity index (χ0v) is 11.4. The predicted molar refractivity (Wildman–Crippen MR) is 69.5 cm³/mol. The zero-order chi connectivity index (χ0) is 16.5. The summed E-state index contributed by atoms with van der Waals surface area (Å²) in [7, 11) is 0. The smallest absolute Gasteiger partial charge is 0.417 e. The van der Waals surface area contributed by atoms with Crippen LogP contribution in [0.15, 0.2) is 18.3 Å². The molecular formula is C13H12F3N3O3. The molecule has 1 amide bonds. The molecule has 0 radical (unpaired) electrons. The SMILES string of the molecule is Cc1nc2ccc(C(F)(F)F)cn2c1C(=O)NCCC(=O)O. The van der Waals surface area contributed by atoms with Gasteiger partial charge in [0.05, 0.1) is 17.7 Å². The number of carboxylic acid groups (broad SMARTS) is 1. The van der Waals surface area contributed by atoms with Crippen molar-refractivity contribution < 1.29 is 27.9 Å². The number of halogens is 3. The first-order valence-corrected chi connectivity index (χ1v) is 6.26. The van der Waals surface area contributed by atoms with Gasteiger partial charge >= 0.3 is 12.1 Å². The number of amides is 1. The molecule has 0 saturated heterocycles. The molecule has 0 aliphatic carbocycles. The number of pyridine rings is 1. The fourth-order valence-corrected chi connectivity index (χ4v) is 1.97. The lowest BCUT2D eigenvalue weighted by molar-refractivity contribution is -0.138. The minimum Gasteiger partial charge on any atom is -0.481 e. The number of rotatable bonds is 4. The number of alkyl halides is 3. The number of fused-ring (bicyclic) bond motifs is 1. The Labute approximate surface area is 122 Å². The van der Waals surface area contributed by atoms with Crippen LogP contribution in [0, 0.1) is 6.92 Å². The summed E-state index contributed by atoms with van der Waals surface area (Å²) in [4.78, 5) is 26.5. The van der Waals surface area contributed by atoms with Gasteiger partial charge in [-0.15, -0.1) is 0 Å². The maximum Gasteiger partial charge on any atom is 0.417 e. The van der Waals surface area contributed by atoms with Crippen molar-refractivity contribution in [3.05, 3.63) is 35.3 Å². The summed E-state index contributed by atoms with van der Waals surface area (Å²) >= 11 is 0. The Morgan fingerprint density at radius 1 is 1.36 bits per heavy atom. The number of imidazole rings is 1. The maximum atomic E-state index is 12.7. The Morgan fingerprint density at radius 3 is 2.64 bits per heavy atom. The molecule has 9 heteroatoms. The molecule has 0 spiro atoms. The van der Waals surface area contributed by atoms with E-state index in [0.29, 0.717) is 0 Å². The highest BCUT2D eigenvalue weighted by atomic mass is 19.4. The number of carbonyl (C=O) groups excluding carboxylic acids is 1. The van der Waals surface area contributed by atoms with Crippen molar-refractivity contribution in [3.8, 4) is 0 Å². The second kappa shape index (κ2) is 5.66. The number of hydrogen-bond acceptors (Lipinski definition) is 3. The summed E-state index contributed by atoms with van der Waals surface area (Å²) in [6.45, 7) is 1.37. The fraction of sp³-hybridized carbons (Fsp3) is 0.308. The number of aryl methyl sites for hydroxylation is 1. The highest BCUT2D eigenvalue weighted by Crippen LogP contribution is 2.29. The molecule has 2 heterocycles. The van der Waals surface area contributed by atoms with Gasteiger partial charge in [-0.05, 0) is 19.1 Å². The molecule has 0 saturated carbocycles. The first-order chi connectivity index (χ1) is 10.2. The highest BCUT2D eigenvalue weighted by Gasteiger charge is 2.31. The summed E-state index contributed by atoms with van der Waals surface area (Å²) < 4.78 is 39.3. The Bertz CT molecular complexity index is 737. The summed E-state index contributed by atoms with van der Waals surface area (Å²) in [5, 5.41) is 10.9. The molecule has 0 aliphatic rings. The summed E-state index contributed by atoms with van der Waals surface area (Å²) in [5.41, 5.74) is -0.496. The predicted octanol–water partition coefficient (Wildman–Crippen LogP) is 1.87. The van der Waals surface area contributed by atoms with Crippen molar-refractivity contribution in [2.75, 3.05) is 6.54 Å². The van der Waals surface area contributed by atoms with Gasteiger partial charge in [0.2, 0.25) is 0 Å². The van der Waals surface area contributed by atoms with Crippen LogP contribution >= 0.6 is 0 Å². The summed E-state index contributed by atoms with van der Waals surface area (Å²) in [5.74, 6) is -1.76. The molecule has 2 aromatic heterocycles. The number of nitrogens with zero attached hydrogens (tertiary/aromatic N) is 2. The van der Waals surface area contributed by atoms with Crippen LogP contribution in [0.3, 0.4) is 0 Å². The number of carbonyl (C=O) groups is 2. The first-order valence-electron chi connectivity index (χ1n) is 6.26. The van der Waals surface area contributed by atoms with Gasteiger partial charge in [-0.2, -0.15) is 13.2 Å². The van der Waals surface area contributed by atoms with Crippen LogP contribution in [0.2, 0.25) is 0 Å². The molecule has 2 rings (SSSR count). The Balaban J connectivity index is 2.37. The van der Waals surface area contributed by atoms with Crippen molar-refractivity contribution >= 4 is 17.5 Å². The van der Waals surface area contributed by atoms with E-state index < -0.39 is 23.6 Å². The average molecular weight is 315 g/mol. The first kappa shape index (κ1) is 15.8. The molecule has 6 nitrogen and oxygen atoms in total. The van der Waals surface area contributed by atoms with Crippen LogP contribution in [-0.2, 0) is 11.0 Å². The monoisotopic (exact) mass is 315 g/mol. The van der Waals surface area contributed by atoms with Crippen molar-refractivity contribution in [2.45, 2.75) is 19.5 Å². The standard InChI is InChI=1S/C13H12F3N3O3/c1-7-11(12(22)17-5-4-10(20)21)19-6-8(13(14,15)16)2-3-9(19)18-7/h2-3,6H,4-5H2,1H3,(H,17,22)(H,20,21). The van der Waals surface area contributed by atoms with Crippen LogP contribution in [0.4, 0.5) is 13.2 Å². The molecule has 0 unspecified atom stereocenters. The molecule has 0 aromatic carbocycles. The molecule has 0 atom stereocenters. The molecule has 0 bridgehead atoms. The second-order valence-electron chi connectivity index (χ2n) is 4.59. The van der Waals surface area contributed by atoms with E-state index >= 15 is 0 Å². The van der Waals surface area contributed by atoms with Gasteiger partial charge in [0, 0.05) is 12.7 Å². The van der Waals surface area contributed by atoms with Gasteiger partial charge < -0.3 is 10.4 Å². The summed E-state index contributed by atoms with van der Waals surface area (Å²) in [6.07, 6.45) is -4.03. The van der Waals surface area contributed by atoms with Crippen LogP contribution in [0.1, 0.15) is 28.2 Å². The van der Waals surface area contributed by atoms with Gasteiger partial charge in [-0.1, -0.05) is 0 Å². The summed E-state index contributed by atoms with van der Waals surface area (Å²) in [6, 6.07) is 2.05. The number of hydrogen-bond donors (Lipinski definition) is 2. The third kappa shape index (κ3) is 3.18. The average Bonchev–Trinajstić information content (AvgIpc) is 2.71. The van der Waals surface area contributed by atoms with Crippen molar-refractivity contribution in [2.24, 2.45) is 0 Å². The Kier molecular flexibility index (Phi) is 4.07. The van der Waals surface area contributed by atoms with E-state index in [9.17, 15) is 22.8 Å². The number of aliphatic carboxylic acids is 1. The molecule has 118 valence electrons. The van der Waals surface area contributed by atoms with Crippen molar-refractivity contribution in [1.29, 1.82) is 0 Å². The van der Waals surface area contributed by atoms with E-state index in [1.807, 2.05) is 0 Å². The number of nitrogens with one attached hydrogen (secondary N) is 1. The fourth-order valence-electron chi connectivity index (χ4n) is 1.97. The third-order valence-electron chi connectivity index (χ3n) is 2.96. The van der Waals surface area contributed by atoms with Gasteiger partial charge in [-0.25, -0.2) is 4.98 Å². The number of carboxylic acids is 1. The topological polar surface area (TPSA) is 83.7 Å². The lowest BCUT2D eigenvalue weighted by Crippen LogP contribution is -2.27. The number of aromatic nitrogens is 2. The normalized spacial score (nSPS) is 11.6. The quantitative estimate of drug-likeness (QED) is 0.902. The van der Waals surface area contributed by atoms with E-state index in [2.05, 4.69) is 10.3 Å². The molecule has 0 fully saturated rings. The lowest BCUT2D eigenvalue weighted by Gasteiger charge is -2.08. The zero-order valence-electron chi connectivity index (χ0n) is 11.4. The van der Waals surface area contributed by atoms with Crippen molar-refractivity contribution in [3.63, 3.8) is 0 Å². The molecule has 2 aromatic rings. The minimum absolute atomic E-state index is 0.0495. The lowest BCUT2D eigenvalue weighted by atomic mass is 10.2. The van der Waals surface area contributed by atoms with Crippen LogP contribution in [-0.4, -0.2) is 32.9 Å². The molecule has 22 heavy (non-hydrogen) atoms. The van der Waals surface area contributed by atoms with Crippen LogP contribution < -0.4 is 5.32 Å². The minimum atomic E-state index is -4.54. The third-order valence-corrected chi connectivity index (χ3v) is 2.96. The molecule has 2 N–H and O–H groups in total. The van der Waals surface area contributed by atoms with E-state index in [1.165, 1.54) is 13.0 Å². The maximum absolute atomic E-state index is 12.7. The van der Waals surface area contributed by atoms with E-state index in [0.717, 1.165) is 16.7 Å². The molecular weight excluding hydrogens is 303 g/mol. The largest absolute Gasteiger partial charge is 0.481 e. The van der Waals surface area contributed by atoms with E-state index in [1.54, 1.807) is 0 Å². The molecule has 0 aliphatic heterocycles. The van der Waals surface area contributed by atoms with Crippen LogP contribution in [0.25, 0.3) is 5.65 Å². The highest BCUT2D eigenvalue weighted by molar-refractivity contribution is 5.94. The van der Waals surface area contributed by atoms with E-state index in [-0.39, 0.29) is 30.0 Å². The van der Waals surface area contributed by atoms with E-state index in [4.69, 9.17) is 5.11 Å². The van der Waals surface area contributed by atoms with Gasteiger partial charge in [0.25, 0.3) is 5.91 Å². The van der Waals surface area contributed by atoms with Gasteiger partial charge in [0.1, 0.15) is 11.3 Å².